The maximum absolute atomic E-state index is 11.6. The van der Waals surface area contributed by atoms with E-state index < -0.39 is 5.60 Å². The van der Waals surface area contributed by atoms with E-state index >= 15 is 0 Å². The van der Waals surface area contributed by atoms with Crippen molar-refractivity contribution in [2.45, 2.75) is 44.2 Å². The lowest BCUT2D eigenvalue weighted by Crippen LogP contribution is -2.49. The van der Waals surface area contributed by atoms with Crippen molar-refractivity contribution in [3.8, 4) is 0 Å². The van der Waals surface area contributed by atoms with E-state index in [0.717, 1.165) is 25.8 Å². The zero-order chi connectivity index (χ0) is 18.4. The molecule has 140 valence electrons. The first kappa shape index (κ1) is 18.5. The lowest BCUT2D eigenvalue weighted by atomic mass is 9.89. The van der Waals surface area contributed by atoms with E-state index in [1.807, 2.05) is 18.2 Å². The quantitative estimate of drug-likeness (QED) is 0.776. The molecular weight excluding hydrogens is 332 g/mol. The molecule has 7 heteroatoms. The Labute approximate surface area is 153 Å². The summed E-state index contributed by atoms with van der Waals surface area (Å²) in [6.07, 6.45) is 3.18. The van der Waals surface area contributed by atoms with Gasteiger partial charge in [-0.25, -0.2) is 0 Å². The summed E-state index contributed by atoms with van der Waals surface area (Å²) in [6.45, 7) is 1.77. The number of carbonyl (C=O) groups excluding carboxylic acids is 1. The number of amides is 1. The number of nitrogens with one attached hydrogen (secondary N) is 1. The van der Waals surface area contributed by atoms with Crippen LogP contribution in [0.25, 0.3) is 0 Å². The molecule has 2 aromatic rings. The number of benzene rings is 1. The summed E-state index contributed by atoms with van der Waals surface area (Å²) < 4.78 is 5.36. The molecule has 3 rings (SSSR count). The van der Waals surface area contributed by atoms with Gasteiger partial charge >= 0.3 is 0 Å². The molecule has 26 heavy (non-hydrogen) atoms. The summed E-state index contributed by atoms with van der Waals surface area (Å²) in [6, 6.07) is 10.2. The van der Waals surface area contributed by atoms with Crippen molar-refractivity contribution >= 4 is 5.91 Å². The molecule has 1 aromatic carbocycles. The number of aryl methyl sites for hydroxylation is 2. The number of hydrogen-bond donors (Lipinski definition) is 2. The highest BCUT2D eigenvalue weighted by Crippen LogP contribution is 2.25. The Kier molecular flexibility index (Phi) is 6.00. The first-order chi connectivity index (χ1) is 12.6. The first-order valence-electron chi connectivity index (χ1n) is 9.07. The van der Waals surface area contributed by atoms with Gasteiger partial charge in [0.1, 0.15) is 0 Å². The van der Waals surface area contributed by atoms with Gasteiger partial charge in [0, 0.05) is 20.0 Å². The smallest absolute Gasteiger partial charge is 0.240 e. The van der Waals surface area contributed by atoms with Crippen molar-refractivity contribution in [2.75, 3.05) is 20.1 Å². The molecule has 0 radical (unpaired) electrons. The number of piperidine rings is 1. The molecule has 1 atom stereocenters. The third kappa shape index (κ3) is 5.12. The molecule has 0 spiro atoms. The van der Waals surface area contributed by atoms with Crippen LogP contribution in [0.3, 0.4) is 0 Å². The topological polar surface area (TPSA) is 91.5 Å². The second-order valence-electron chi connectivity index (χ2n) is 6.98. The molecule has 2 N–H and O–H groups in total. The van der Waals surface area contributed by atoms with Crippen molar-refractivity contribution in [3.63, 3.8) is 0 Å². The van der Waals surface area contributed by atoms with Gasteiger partial charge < -0.3 is 14.9 Å². The predicted molar refractivity (Wildman–Crippen MR) is 96.3 cm³/mol. The predicted octanol–water partition coefficient (Wildman–Crippen LogP) is 1.32. The van der Waals surface area contributed by atoms with E-state index in [1.54, 1.807) is 7.05 Å². The Bertz CT molecular complexity index is 719. The number of rotatable bonds is 7. The highest BCUT2D eigenvalue weighted by atomic mass is 16.5. The van der Waals surface area contributed by atoms with Crippen LogP contribution in [-0.4, -0.2) is 51.8 Å². The molecule has 1 saturated heterocycles. The van der Waals surface area contributed by atoms with Crippen LogP contribution in [0.2, 0.25) is 0 Å². The van der Waals surface area contributed by atoms with E-state index in [2.05, 4.69) is 32.5 Å². The number of carbonyl (C=O) groups is 1. The Morgan fingerprint density at radius 2 is 2.15 bits per heavy atom. The zero-order valence-electron chi connectivity index (χ0n) is 15.1. The van der Waals surface area contributed by atoms with Gasteiger partial charge in [-0.15, -0.1) is 0 Å². The van der Waals surface area contributed by atoms with Crippen molar-refractivity contribution in [2.24, 2.45) is 0 Å². The fourth-order valence-corrected chi connectivity index (χ4v) is 3.42. The Hall–Kier alpha value is -2.25. The minimum Gasteiger partial charge on any atom is -0.388 e. The van der Waals surface area contributed by atoms with Crippen LogP contribution in [-0.2, 0) is 24.2 Å². The van der Waals surface area contributed by atoms with Gasteiger partial charge in [0.2, 0.25) is 11.8 Å². The van der Waals surface area contributed by atoms with Gasteiger partial charge in [-0.2, -0.15) is 4.98 Å². The van der Waals surface area contributed by atoms with E-state index in [0.29, 0.717) is 31.2 Å². The fraction of sp³-hybridized carbons (Fsp3) is 0.526. The van der Waals surface area contributed by atoms with Crippen LogP contribution < -0.4 is 5.32 Å². The number of β-amino-alcohol motifs (C(OH)–C–C–N with tert-alkyl or cyclic N) is 1. The summed E-state index contributed by atoms with van der Waals surface area (Å²) >= 11 is 0. The molecular formula is C19H26N4O3. The molecule has 0 saturated carbocycles. The van der Waals surface area contributed by atoms with Crippen LogP contribution in [0.15, 0.2) is 34.9 Å². The molecule has 7 nitrogen and oxygen atoms in total. The standard InChI is InChI=1S/C19H26N4O3/c1-20-17(24)12-19(25)10-5-11-23(14-19)13-18-21-16(22-26-18)9-8-15-6-3-2-4-7-15/h2-4,6-7,25H,5,8-14H2,1H3,(H,20,24). The van der Waals surface area contributed by atoms with Crippen LogP contribution in [0, 0.1) is 0 Å². The van der Waals surface area contributed by atoms with Gasteiger partial charge in [-0.05, 0) is 31.4 Å². The molecule has 1 fully saturated rings. The maximum atomic E-state index is 11.6. The van der Waals surface area contributed by atoms with Gasteiger partial charge in [-0.1, -0.05) is 35.5 Å². The molecule has 1 unspecified atom stereocenters. The van der Waals surface area contributed by atoms with Crippen LogP contribution in [0.1, 0.15) is 36.5 Å². The zero-order valence-corrected chi connectivity index (χ0v) is 15.1. The molecule has 1 aliphatic heterocycles. The molecule has 2 heterocycles. The number of aromatic nitrogens is 2. The summed E-state index contributed by atoms with van der Waals surface area (Å²) in [5.74, 6) is 1.11. The van der Waals surface area contributed by atoms with Crippen molar-refractivity contribution in [1.29, 1.82) is 0 Å². The Morgan fingerprint density at radius 1 is 1.35 bits per heavy atom. The number of aliphatic hydroxyl groups is 1. The van der Waals surface area contributed by atoms with Gasteiger partial charge in [0.15, 0.2) is 5.82 Å². The summed E-state index contributed by atoms with van der Waals surface area (Å²) in [4.78, 5) is 18.1. The minimum absolute atomic E-state index is 0.117. The van der Waals surface area contributed by atoms with Crippen LogP contribution in [0.5, 0.6) is 0 Å². The highest BCUT2D eigenvalue weighted by molar-refractivity contribution is 5.76. The molecule has 0 bridgehead atoms. The lowest BCUT2D eigenvalue weighted by Gasteiger charge is -2.38. The number of likely N-dealkylation sites (tertiary alicyclic amines) is 1. The largest absolute Gasteiger partial charge is 0.388 e. The van der Waals surface area contributed by atoms with Crippen molar-refractivity contribution in [1.82, 2.24) is 20.4 Å². The van der Waals surface area contributed by atoms with E-state index in [1.165, 1.54) is 5.56 Å². The van der Waals surface area contributed by atoms with E-state index in [4.69, 9.17) is 4.52 Å². The summed E-state index contributed by atoms with van der Waals surface area (Å²) in [5, 5.41) is 17.3. The second kappa shape index (κ2) is 8.42. The lowest BCUT2D eigenvalue weighted by molar-refractivity contribution is -0.128. The molecule has 0 aliphatic carbocycles. The van der Waals surface area contributed by atoms with E-state index in [9.17, 15) is 9.90 Å². The third-order valence-electron chi connectivity index (χ3n) is 4.75. The third-order valence-corrected chi connectivity index (χ3v) is 4.75. The van der Waals surface area contributed by atoms with E-state index in [-0.39, 0.29) is 12.3 Å². The monoisotopic (exact) mass is 358 g/mol. The van der Waals surface area contributed by atoms with Gasteiger partial charge in [0.25, 0.3) is 0 Å². The summed E-state index contributed by atoms with van der Waals surface area (Å²) in [5.41, 5.74) is 0.253. The molecule has 1 aliphatic rings. The SMILES string of the molecule is CNC(=O)CC1(O)CCCN(Cc2nc(CCc3ccccc3)no2)C1. The number of nitrogens with zero attached hydrogens (tertiary/aromatic N) is 3. The molecule has 1 amide bonds. The highest BCUT2D eigenvalue weighted by Gasteiger charge is 2.35. The maximum Gasteiger partial charge on any atom is 0.240 e. The molecule has 1 aromatic heterocycles. The van der Waals surface area contributed by atoms with Crippen molar-refractivity contribution < 1.29 is 14.4 Å². The van der Waals surface area contributed by atoms with Gasteiger partial charge in [-0.3, -0.25) is 9.69 Å². The van der Waals surface area contributed by atoms with Crippen LogP contribution in [0.4, 0.5) is 0 Å². The van der Waals surface area contributed by atoms with Crippen molar-refractivity contribution in [3.05, 3.63) is 47.6 Å². The van der Waals surface area contributed by atoms with Crippen LogP contribution >= 0.6 is 0 Å². The second-order valence-corrected chi connectivity index (χ2v) is 6.98. The minimum atomic E-state index is -0.992. The van der Waals surface area contributed by atoms with Gasteiger partial charge in [0.05, 0.1) is 18.6 Å². The fourth-order valence-electron chi connectivity index (χ4n) is 3.42. The average molecular weight is 358 g/mol. The normalized spacial score (nSPS) is 20.8. The Balaban J connectivity index is 1.52. The number of hydrogen-bond acceptors (Lipinski definition) is 6. The summed E-state index contributed by atoms with van der Waals surface area (Å²) in [7, 11) is 1.59. The average Bonchev–Trinajstić information content (AvgIpc) is 3.08. The Morgan fingerprint density at radius 3 is 2.92 bits per heavy atom. The first-order valence-corrected chi connectivity index (χ1v) is 9.07.